The fraction of sp³-hybridized carbons (Fsp3) is 1.00. The van der Waals surface area contributed by atoms with E-state index in [1.165, 1.54) is 0 Å². The Labute approximate surface area is 75.8 Å². The monoisotopic (exact) mass is 226 g/mol. The summed E-state index contributed by atoms with van der Waals surface area (Å²) in [5, 5.41) is 0. The van der Waals surface area contributed by atoms with Gasteiger partial charge in [0.25, 0.3) is 25.6 Å². The van der Waals surface area contributed by atoms with Crippen molar-refractivity contribution in [3.8, 4) is 0 Å². The predicted molar refractivity (Wildman–Crippen MR) is 33.7 cm³/mol. The van der Waals surface area contributed by atoms with Gasteiger partial charge in [0.1, 0.15) is 0 Å². The summed E-state index contributed by atoms with van der Waals surface area (Å²) in [6.07, 6.45) is -12.3. The van der Waals surface area contributed by atoms with Crippen LogP contribution in [-0.4, -0.2) is 38.8 Å². The third kappa shape index (κ3) is 6.03. The van der Waals surface area contributed by atoms with Crippen LogP contribution in [0, 0.1) is 0 Å². The van der Waals surface area contributed by atoms with Crippen molar-refractivity contribution < 1.29 is 35.8 Å². The molecule has 0 aliphatic carbocycles. The first kappa shape index (κ1) is 13.5. The first-order valence-corrected chi connectivity index (χ1v) is 3.52. The zero-order valence-corrected chi connectivity index (χ0v) is 6.81. The molecule has 0 N–H and O–H groups in total. The summed E-state index contributed by atoms with van der Waals surface area (Å²) < 4.78 is 77.1. The van der Waals surface area contributed by atoms with E-state index in [1.54, 1.807) is 0 Å². The SMILES string of the molecule is FC(F)C(F)OCCOC(F)C(F)F. The summed E-state index contributed by atoms with van der Waals surface area (Å²) in [4.78, 5) is 0. The molecule has 0 radical (unpaired) electrons. The van der Waals surface area contributed by atoms with Gasteiger partial charge in [-0.25, -0.2) is 26.3 Å². The maximum Gasteiger partial charge on any atom is 0.293 e. The van der Waals surface area contributed by atoms with Crippen LogP contribution < -0.4 is 0 Å². The standard InChI is InChI=1S/C6H8F6O2/c7-3(8)5(11)13-1-2-14-6(12)4(9)10/h3-6H,1-2H2. The van der Waals surface area contributed by atoms with E-state index in [2.05, 4.69) is 9.47 Å². The Morgan fingerprint density at radius 2 is 0.929 bits per heavy atom. The summed E-state index contributed by atoms with van der Waals surface area (Å²) in [5.41, 5.74) is 0. The minimum atomic E-state index is -3.33. The Hall–Kier alpha value is -0.500. The molecule has 0 aliphatic heterocycles. The second kappa shape index (κ2) is 6.88. The summed E-state index contributed by atoms with van der Waals surface area (Å²) in [6, 6.07) is 0. The lowest BCUT2D eigenvalue weighted by Crippen LogP contribution is -2.22. The highest BCUT2D eigenvalue weighted by Crippen LogP contribution is 2.08. The Balaban J connectivity index is 3.38. The highest BCUT2D eigenvalue weighted by molar-refractivity contribution is 4.45. The van der Waals surface area contributed by atoms with E-state index in [1.807, 2.05) is 0 Å². The van der Waals surface area contributed by atoms with Crippen LogP contribution in [0.25, 0.3) is 0 Å². The summed E-state index contributed by atoms with van der Waals surface area (Å²) in [6.45, 7) is -1.45. The Morgan fingerprint density at radius 1 is 0.643 bits per heavy atom. The van der Waals surface area contributed by atoms with Gasteiger partial charge in [-0.2, -0.15) is 0 Å². The van der Waals surface area contributed by atoms with Crippen molar-refractivity contribution in [1.29, 1.82) is 0 Å². The molecular formula is C6H8F6O2. The Kier molecular flexibility index (Phi) is 6.64. The fourth-order valence-electron chi connectivity index (χ4n) is 0.467. The summed E-state index contributed by atoms with van der Waals surface area (Å²) >= 11 is 0. The molecule has 0 aliphatic rings. The van der Waals surface area contributed by atoms with E-state index in [0.717, 1.165) is 0 Å². The molecule has 0 aromatic carbocycles. The molecule has 0 fully saturated rings. The number of alkyl halides is 6. The van der Waals surface area contributed by atoms with Crippen molar-refractivity contribution in [1.82, 2.24) is 0 Å². The average molecular weight is 226 g/mol. The maximum atomic E-state index is 11.9. The molecule has 0 aromatic rings. The zero-order valence-electron chi connectivity index (χ0n) is 6.81. The summed E-state index contributed by atoms with van der Waals surface area (Å²) in [5.74, 6) is 0. The molecule has 0 saturated heterocycles. The molecule has 86 valence electrons. The van der Waals surface area contributed by atoms with E-state index in [4.69, 9.17) is 0 Å². The minimum Gasteiger partial charge on any atom is -0.341 e. The Bertz CT molecular complexity index is 128. The summed E-state index contributed by atoms with van der Waals surface area (Å²) in [7, 11) is 0. The largest absolute Gasteiger partial charge is 0.341 e. The van der Waals surface area contributed by atoms with E-state index >= 15 is 0 Å². The molecule has 0 rings (SSSR count). The zero-order chi connectivity index (χ0) is 11.1. The van der Waals surface area contributed by atoms with Crippen molar-refractivity contribution in [3.05, 3.63) is 0 Å². The van der Waals surface area contributed by atoms with E-state index in [9.17, 15) is 26.3 Å². The van der Waals surface area contributed by atoms with Crippen LogP contribution in [0.2, 0.25) is 0 Å². The molecule has 0 bridgehead atoms. The van der Waals surface area contributed by atoms with Crippen molar-refractivity contribution in [2.75, 3.05) is 13.2 Å². The number of halogens is 6. The van der Waals surface area contributed by atoms with Gasteiger partial charge in [-0.15, -0.1) is 0 Å². The third-order valence-corrected chi connectivity index (χ3v) is 1.03. The van der Waals surface area contributed by atoms with Crippen molar-refractivity contribution in [2.24, 2.45) is 0 Å². The van der Waals surface area contributed by atoms with E-state index in [0.29, 0.717) is 0 Å². The first-order chi connectivity index (χ1) is 6.45. The van der Waals surface area contributed by atoms with Gasteiger partial charge in [-0.05, 0) is 0 Å². The lowest BCUT2D eigenvalue weighted by Gasteiger charge is -2.10. The lowest BCUT2D eigenvalue weighted by molar-refractivity contribution is -0.167. The number of ether oxygens (including phenoxy) is 2. The smallest absolute Gasteiger partial charge is 0.293 e. The average Bonchev–Trinajstić information content (AvgIpc) is 2.11. The van der Waals surface area contributed by atoms with Crippen molar-refractivity contribution in [2.45, 2.75) is 25.6 Å². The predicted octanol–water partition coefficient (Wildman–Crippen LogP) is 2.14. The molecule has 2 atom stereocenters. The molecule has 8 heteroatoms. The van der Waals surface area contributed by atoms with Crippen molar-refractivity contribution >= 4 is 0 Å². The van der Waals surface area contributed by atoms with Gasteiger partial charge < -0.3 is 9.47 Å². The van der Waals surface area contributed by atoms with Gasteiger partial charge >= 0.3 is 0 Å². The van der Waals surface area contributed by atoms with E-state index < -0.39 is 38.8 Å². The quantitative estimate of drug-likeness (QED) is 0.489. The molecule has 0 aromatic heterocycles. The second-order valence-corrected chi connectivity index (χ2v) is 2.11. The number of hydrogen-bond acceptors (Lipinski definition) is 2. The molecule has 0 spiro atoms. The molecule has 2 unspecified atom stereocenters. The Morgan fingerprint density at radius 3 is 1.14 bits per heavy atom. The van der Waals surface area contributed by atoms with Crippen LogP contribution in [0.15, 0.2) is 0 Å². The van der Waals surface area contributed by atoms with Gasteiger partial charge in [-0.1, -0.05) is 0 Å². The molecule has 0 amide bonds. The van der Waals surface area contributed by atoms with Gasteiger partial charge in [0, 0.05) is 0 Å². The van der Waals surface area contributed by atoms with Crippen LogP contribution >= 0.6 is 0 Å². The topological polar surface area (TPSA) is 18.5 Å². The molecule has 2 nitrogen and oxygen atoms in total. The highest BCUT2D eigenvalue weighted by Gasteiger charge is 2.21. The van der Waals surface area contributed by atoms with Gasteiger partial charge in [0.2, 0.25) is 0 Å². The van der Waals surface area contributed by atoms with E-state index in [-0.39, 0.29) is 0 Å². The molecule has 0 heterocycles. The fourth-order valence-corrected chi connectivity index (χ4v) is 0.467. The van der Waals surface area contributed by atoms with Gasteiger partial charge in [0.05, 0.1) is 13.2 Å². The van der Waals surface area contributed by atoms with Crippen LogP contribution in [0.3, 0.4) is 0 Å². The number of rotatable bonds is 7. The first-order valence-electron chi connectivity index (χ1n) is 3.52. The normalized spacial score (nSPS) is 16.3. The molecular weight excluding hydrogens is 218 g/mol. The second-order valence-electron chi connectivity index (χ2n) is 2.11. The van der Waals surface area contributed by atoms with Crippen molar-refractivity contribution in [3.63, 3.8) is 0 Å². The molecule has 14 heavy (non-hydrogen) atoms. The van der Waals surface area contributed by atoms with Crippen LogP contribution in [0.1, 0.15) is 0 Å². The minimum absolute atomic E-state index is 0.724. The van der Waals surface area contributed by atoms with Crippen LogP contribution in [0.5, 0.6) is 0 Å². The maximum absolute atomic E-state index is 11.9. The van der Waals surface area contributed by atoms with Crippen LogP contribution in [-0.2, 0) is 9.47 Å². The third-order valence-electron chi connectivity index (χ3n) is 1.03. The van der Waals surface area contributed by atoms with Gasteiger partial charge in [-0.3, -0.25) is 0 Å². The number of hydrogen-bond donors (Lipinski definition) is 0. The highest BCUT2D eigenvalue weighted by atomic mass is 19.3. The van der Waals surface area contributed by atoms with Crippen LogP contribution in [0.4, 0.5) is 26.3 Å². The van der Waals surface area contributed by atoms with Gasteiger partial charge in [0.15, 0.2) is 0 Å². The molecule has 0 saturated carbocycles. The lowest BCUT2D eigenvalue weighted by atomic mass is 10.6.